The molecule has 1 unspecified atom stereocenters. The van der Waals surface area contributed by atoms with Crippen LogP contribution in [0.2, 0.25) is 25.7 Å². The van der Waals surface area contributed by atoms with Gasteiger partial charge in [-0.15, -0.1) is 0 Å². The Balaban J connectivity index is 0.847. The number of piperazine rings is 1. The molecule has 17 nitrogen and oxygen atoms in total. The molecule has 4 aliphatic rings. The molecular formula is C48H60N10O7Si. The molecule has 3 aromatic heterocycles. The van der Waals surface area contributed by atoms with E-state index in [-0.39, 0.29) is 55.4 Å². The van der Waals surface area contributed by atoms with Gasteiger partial charge in [-0.3, -0.25) is 33.9 Å². The van der Waals surface area contributed by atoms with E-state index in [1.54, 1.807) is 27.8 Å². The largest absolute Gasteiger partial charge is 0.443 e. The van der Waals surface area contributed by atoms with E-state index in [2.05, 4.69) is 73.5 Å². The fourth-order valence-corrected chi connectivity index (χ4v) is 9.64. The first-order chi connectivity index (χ1) is 31.4. The average molecular weight is 917 g/mol. The summed E-state index contributed by atoms with van der Waals surface area (Å²) in [7, 11) is 0.718. The van der Waals surface area contributed by atoms with Gasteiger partial charge in [0.15, 0.2) is 0 Å². The van der Waals surface area contributed by atoms with Crippen LogP contribution in [0, 0.1) is 11.8 Å². The van der Waals surface area contributed by atoms with Gasteiger partial charge in [0.1, 0.15) is 24.2 Å². The zero-order valence-corrected chi connectivity index (χ0v) is 40.1. The van der Waals surface area contributed by atoms with Crippen molar-refractivity contribution in [1.29, 1.82) is 0 Å². The van der Waals surface area contributed by atoms with Crippen LogP contribution in [0.4, 0.5) is 16.6 Å². The summed E-state index contributed by atoms with van der Waals surface area (Å²) in [6.45, 7) is 17.1. The lowest BCUT2D eigenvalue weighted by Gasteiger charge is -2.35. The summed E-state index contributed by atoms with van der Waals surface area (Å²) in [5.74, 6) is 6.07. The highest BCUT2D eigenvalue weighted by atomic mass is 28.3. The number of hydrogen-bond acceptors (Lipinski definition) is 13. The first-order valence-corrected chi connectivity index (χ1v) is 26.5. The third-order valence-electron chi connectivity index (χ3n) is 12.5. The van der Waals surface area contributed by atoms with Crippen LogP contribution in [-0.2, 0) is 25.6 Å². The van der Waals surface area contributed by atoms with Crippen molar-refractivity contribution < 1.29 is 33.4 Å². The Morgan fingerprint density at radius 1 is 0.939 bits per heavy atom. The molecule has 8 rings (SSSR count). The number of ether oxygens (including phenoxy) is 2. The zero-order valence-electron chi connectivity index (χ0n) is 39.1. The third-order valence-corrected chi connectivity index (χ3v) is 14.3. The number of imide groups is 1. The number of fused-ring (bicyclic) bond motifs is 2. The molecule has 3 fully saturated rings. The van der Waals surface area contributed by atoms with E-state index < -0.39 is 37.6 Å². The zero-order chi connectivity index (χ0) is 46.9. The smallest absolute Gasteiger partial charge is 0.419 e. The molecule has 1 N–H and O–H groups in total. The van der Waals surface area contributed by atoms with Crippen molar-refractivity contribution in [3.8, 4) is 11.8 Å². The molecule has 0 bridgehead atoms. The van der Waals surface area contributed by atoms with E-state index in [9.17, 15) is 24.0 Å². The molecular weight excluding hydrogens is 857 g/mol. The van der Waals surface area contributed by atoms with Crippen LogP contribution in [0.5, 0.6) is 0 Å². The van der Waals surface area contributed by atoms with Crippen LogP contribution < -0.4 is 10.2 Å². The Kier molecular flexibility index (Phi) is 13.4. The molecule has 3 saturated heterocycles. The minimum atomic E-state index is -1.33. The Morgan fingerprint density at radius 2 is 1.70 bits per heavy atom. The molecule has 4 amide bonds. The summed E-state index contributed by atoms with van der Waals surface area (Å²) in [6, 6.07) is 9.41. The van der Waals surface area contributed by atoms with Gasteiger partial charge in [0.25, 0.3) is 17.7 Å². The number of anilines is 2. The van der Waals surface area contributed by atoms with Crippen molar-refractivity contribution in [2.45, 2.75) is 96.4 Å². The number of nitrogens with zero attached hydrogens (tertiary/aromatic N) is 9. The molecule has 348 valence electrons. The fourth-order valence-electron chi connectivity index (χ4n) is 8.88. The number of nitrogens with one attached hydrogen (secondary N) is 1. The SMILES string of the molecule is CN1CCC[C@@H]1c1cc2cnc(NC(=O)c3cnc(N4CCN(CC#Cc5cccc6c5CN(C5CCC(=O)N(COCC[Si](C)(C)C)C5=O)C6=O)CC4)nc3)cc2n1C(=O)OC(C)(C)C. The second-order valence-electron chi connectivity index (χ2n) is 19.8. The Bertz CT molecular complexity index is 2580. The summed E-state index contributed by atoms with van der Waals surface area (Å²) < 4.78 is 13.2. The lowest BCUT2D eigenvalue weighted by molar-refractivity contribution is -0.158. The molecule has 4 aliphatic heterocycles. The van der Waals surface area contributed by atoms with Crippen LogP contribution in [0.1, 0.15) is 90.0 Å². The number of amides is 4. The minimum Gasteiger partial charge on any atom is -0.443 e. The summed E-state index contributed by atoms with van der Waals surface area (Å²) in [6.07, 6.45) is 6.59. The molecule has 0 saturated carbocycles. The Labute approximate surface area is 386 Å². The van der Waals surface area contributed by atoms with Crippen LogP contribution in [0.15, 0.2) is 48.9 Å². The molecule has 2 atom stereocenters. The van der Waals surface area contributed by atoms with E-state index in [1.807, 2.05) is 39.0 Å². The van der Waals surface area contributed by atoms with Gasteiger partial charge in [-0.1, -0.05) is 37.5 Å². The first kappa shape index (κ1) is 46.5. The number of likely N-dealkylation sites (tertiary alicyclic amines) is 2. The van der Waals surface area contributed by atoms with E-state index >= 15 is 0 Å². The maximum atomic E-state index is 13.6. The number of benzene rings is 1. The second-order valence-corrected chi connectivity index (χ2v) is 25.4. The predicted octanol–water partition coefficient (Wildman–Crippen LogP) is 5.59. The number of carbonyl (C=O) groups excluding carboxylic acids is 5. The van der Waals surface area contributed by atoms with E-state index in [0.717, 1.165) is 65.6 Å². The van der Waals surface area contributed by atoms with E-state index in [4.69, 9.17) is 9.47 Å². The third kappa shape index (κ3) is 10.3. The Hall–Kier alpha value is -6.00. The van der Waals surface area contributed by atoms with Crippen LogP contribution in [0.25, 0.3) is 10.9 Å². The van der Waals surface area contributed by atoms with Crippen molar-refractivity contribution in [1.82, 2.24) is 39.1 Å². The van der Waals surface area contributed by atoms with Gasteiger partial charge in [0.2, 0.25) is 11.9 Å². The predicted molar refractivity (Wildman–Crippen MR) is 252 cm³/mol. The molecule has 0 aliphatic carbocycles. The van der Waals surface area contributed by atoms with Crippen molar-refractivity contribution in [3.05, 3.63) is 76.9 Å². The molecule has 66 heavy (non-hydrogen) atoms. The maximum Gasteiger partial charge on any atom is 0.419 e. The van der Waals surface area contributed by atoms with Crippen LogP contribution in [-0.4, -0.2) is 148 Å². The highest BCUT2D eigenvalue weighted by Gasteiger charge is 2.43. The Morgan fingerprint density at radius 3 is 2.39 bits per heavy atom. The molecule has 1 aromatic carbocycles. The first-order valence-electron chi connectivity index (χ1n) is 22.8. The summed E-state index contributed by atoms with van der Waals surface area (Å²) in [4.78, 5) is 89.7. The fraction of sp³-hybridized carbons (Fsp3) is 0.500. The lowest BCUT2D eigenvalue weighted by atomic mass is 10.0. The van der Waals surface area contributed by atoms with Crippen molar-refractivity contribution in [3.63, 3.8) is 0 Å². The van der Waals surface area contributed by atoms with Crippen LogP contribution in [0.3, 0.4) is 0 Å². The van der Waals surface area contributed by atoms with Gasteiger partial charge in [-0.25, -0.2) is 24.3 Å². The highest BCUT2D eigenvalue weighted by Crippen LogP contribution is 2.36. The second kappa shape index (κ2) is 19.1. The van der Waals surface area contributed by atoms with Gasteiger partial charge in [0.05, 0.1) is 23.7 Å². The monoisotopic (exact) mass is 916 g/mol. The number of carbonyl (C=O) groups is 5. The van der Waals surface area contributed by atoms with Crippen molar-refractivity contribution >= 4 is 60.5 Å². The van der Waals surface area contributed by atoms with E-state index in [0.29, 0.717) is 43.3 Å². The molecule has 7 heterocycles. The topological polar surface area (TPSA) is 176 Å². The normalized spacial score (nSPS) is 19.6. The summed E-state index contributed by atoms with van der Waals surface area (Å²) >= 11 is 0. The number of rotatable bonds is 11. The molecule has 0 spiro atoms. The molecule has 18 heteroatoms. The lowest BCUT2D eigenvalue weighted by Crippen LogP contribution is -2.55. The van der Waals surface area contributed by atoms with Gasteiger partial charge in [0, 0.05) is 101 Å². The number of hydrogen-bond donors (Lipinski definition) is 1. The van der Waals surface area contributed by atoms with Crippen LogP contribution >= 0.6 is 0 Å². The average Bonchev–Trinajstić information content (AvgIpc) is 3.97. The van der Waals surface area contributed by atoms with E-state index in [1.165, 1.54) is 12.4 Å². The summed E-state index contributed by atoms with van der Waals surface area (Å²) in [5, 5.41) is 3.62. The number of piperidine rings is 1. The summed E-state index contributed by atoms with van der Waals surface area (Å²) in [5.41, 5.74) is 3.09. The van der Waals surface area contributed by atoms with Crippen molar-refractivity contribution in [2.75, 3.05) is 69.9 Å². The quantitative estimate of drug-likeness (QED) is 0.0855. The molecule has 0 radical (unpaired) electrons. The van der Waals surface area contributed by atoms with Crippen molar-refractivity contribution in [2.24, 2.45) is 0 Å². The number of aromatic nitrogens is 4. The number of pyridine rings is 1. The van der Waals surface area contributed by atoms with Gasteiger partial charge < -0.3 is 24.6 Å². The van der Waals surface area contributed by atoms with Gasteiger partial charge in [-0.2, -0.15) is 0 Å². The van der Waals surface area contributed by atoms with Gasteiger partial charge in [-0.05, 0) is 83.4 Å². The maximum absolute atomic E-state index is 13.6. The van der Waals surface area contributed by atoms with Gasteiger partial charge >= 0.3 is 6.09 Å². The molecule has 4 aromatic rings. The standard InChI is InChI=1S/C48H60N10O7Si/c1-48(2,3)65-47(63)58-39-26-41(49-27-33(39)25-40(58)37-14-10-17-53(37)4)52-43(60)34-28-50-46(51-29-34)55-21-19-54(20-22-55)18-9-12-32-11-8-13-35-36(32)30-56(44(35)61)38-15-16-42(59)57(45(38)62)31-64-23-24-66(5,6)7/h8,11,13,25-29,37-38H,10,14-24,30-31H2,1-7H3,(H,49,52,60)/t37-,38?/m1/s1. The minimum absolute atomic E-state index is 0.0545. The highest BCUT2D eigenvalue weighted by molar-refractivity contribution is 6.76.